The molecule has 0 aliphatic carbocycles. The molecule has 0 radical (unpaired) electrons. The molecule has 0 atom stereocenters. The number of halogens is 7. The Balaban J connectivity index is 0.000000730. The average molecular weight is 712 g/mol. The molecule has 0 fully saturated rings. The van der Waals surface area contributed by atoms with Crippen molar-refractivity contribution in [3.8, 4) is 22.7 Å². The van der Waals surface area contributed by atoms with Gasteiger partial charge in [0.05, 0.1) is 16.4 Å². The van der Waals surface area contributed by atoms with Gasteiger partial charge in [0.25, 0.3) is 0 Å². The molecule has 0 amide bonds. The third-order valence-corrected chi connectivity index (χ3v) is 6.66. The SMILES string of the molecule is Cc1c(C(=O)OCC(Cl)(Cl)Cl)nn(-c2ccc(Cl)cc2Cl)c1-c1ccc(OCc2ccccc2)cc1.O=C(Cl)C(=O)Cl. The van der Waals surface area contributed by atoms with Crippen molar-refractivity contribution in [1.29, 1.82) is 0 Å². The zero-order valence-electron chi connectivity index (χ0n) is 21.4. The Bertz CT molecular complexity index is 1560. The highest BCUT2D eigenvalue weighted by Gasteiger charge is 2.27. The number of aromatic nitrogens is 2. The molecule has 0 spiro atoms. The Hall–Kier alpha value is -2.49. The Morgan fingerprint density at radius 1 is 0.881 bits per heavy atom. The zero-order chi connectivity index (χ0) is 31.0. The second-order valence-corrected chi connectivity index (χ2v) is 12.4. The van der Waals surface area contributed by atoms with Crippen LogP contribution in [0.25, 0.3) is 16.9 Å². The van der Waals surface area contributed by atoms with E-state index in [4.69, 9.17) is 67.5 Å². The number of rotatable bonds is 8. The molecule has 4 aromatic rings. The van der Waals surface area contributed by atoms with Gasteiger partial charge in [-0.15, -0.1) is 0 Å². The number of carbonyl (C=O) groups is 3. The van der Waals surface area contributed by atoms with E-state index in [0.29, 0.717) is 39.3 Å². The number of carbonyl (C=O) groups excluding carboxylic acids is 3. The average Bonchev–Trinajstić information content (AvgIpc) is 3.28. The molecule has 0 bridgehead atoms. The van der Waals surface area contributed by atoms with Crippen molar-refractivity contribution in [2.75, 3.05) is 6.61 Å². The van der Waals surface area contributed by atoms with Crippen LogP contribution in [-0.2, 0) is 20.9 Å². The minimum atomic E-state index is -1.75. The lowest BCUT2D eigenvalue weighted by Crippen LogP contribution is -2.18. The third kappa shape index (κ3) is 9.78. The monoisotopic (exact) mass is 708 g/mol. The summed E-state index contributed by atoms with van der Waals surface area (Å²) in [4.78, 5) is 31.7. The first-order valence-electron chi connectivity index (χ1n) is 11.7. The van der Waals surface area contributed by atoms with Gasteiger partial charge in [-0.1, -0.05) is 88.3 Å². The van der Waals surface area contributed by atoms with E-state index in [1.54, 1.807) is 29.8 Å². The van der Waals surface area contributed by atoms with Crippen molar-refractivity contribution >= 4 is 97.7 Å². The summed E-state index contributed by atoms with van der Waals surface area (Å²) in [5.41, 5.74) is 3.63. The highest BCUT2D eigenvalue weighted by molar-refractivity contribution is 6.97. The summed E-state index contributed by atoms with van der Waals surface area (Å²) in [6.45, 7) is 1.78. The van der Waals surface area contributed by atoms with Crippen LogP contribution in [0.5, 0.6) is 5.75 Å². The summed E-state index contributed by atoms with van der Waals surface area (Å²) < 4.78 is 10.9. The van der Waals surface area contributed by atoms with Crippen LogP contribution >= 0.6 is 81.2 Å². The molecule has 0 aliphatic heterocycles. The van der Waals surface area contributed by atoms with Crippen molar-refractivity contribution in [2.24, 2.45) is 0 Å². The standard InChI is InChI=1S/C26H19Cl5N2O3.C2Cl2O2/c1-16-23(25(34)36-15-26(29,30)31)32-33(22-12-9-19(27)13-21(22)28)24(16)18-7-10-20(11-8-18)35-14-17-5-3-2-4-6-17;3-1(5)2(4)6/h2-13H,14-15H2,1H3;. The van der Waals surface area contributed by atoms with Crippen LogP contribution in [0.4, 0.5) is 0 Å². The summed E-state index contributed by atoms with van der Waals surface area (Å²) in [5.74, 6) is -0.0371. The summed E-state index contributed by atoms with van der Waals surface area (Å²) in [6.07, 6.45) is 0. The van der Waals surface area contributed by atoms with Crippen molar-refractivity contribution in [2.45, 2.75) is 17.3 Å². The fourth-order valence-electron chi connectivity index (χ4n) is 3.52. The molecular formula is C28H19Cl7N2O5. The van der Waals surface area contributed by atoms with Gasteiger partial charge in [-0.2, -0.15) is 5.10 Å². The van der Waals surface area contributed by atoms with Gasteiger partial charge in [0, 0.05) is 16.1 Å². The smallest absolute Gasteiger partial charge is 0.359 e. The molecule has 4 rings (SSSR count). The normalized spacial score (nSPS) is 10.9. The van der Waals surface area contributed by atoms with Gasteiger partial charge in [0.2, 0.25) is 3.79 Å². The summed E-state index contributed by atoms with van der Waals surface area (Å²) >= 11 is 38.7. The topological polar surface area (TPSA) is 87.5 Å². The molecule has 42 heavy (non-hydrogen) atoms. The quantitative estimate of drug-likeness (QED) is 0.0787. The largest absolute Gasteiger partial charge is 0.489 e. The maximum atomic E-state index is 12.8. The summed E-state index contributed by atoms with van der Waals surface area (Å²) in [6, 6.07) is 22.3. The highest BCUT2D eigenvalue weighted by Crippen LogP contribution is 2.34. The molecule has 1 heterocycles. The Labute approximate surface area is 276 Å². The molecule has 220 valence electrons. The molecule has 7 nitrogen and oxygen atoms in total. The fraction of sp³-hybridized carbons (Fsp3) is 0.143. The summed E-state index contributed by atoms with van der Waals surface area (Å²) in [5, 5.41) is 3.04. The number of benzene rings is 3. The first-order valence-corrected chi connectivity index (χ1v) is 14.4. The van der Waals surface area contributed by atoms with E-state index in [-0.39, 0.29) is 5.69 Å². The highest BCUT2D eigenvalue weighted by atomic mass is 35.6. The Kier molecular flexibility index (Phi) is 12.4. The first kappa shape index (κ1) is 34.0. The van der Waals surface area contributed by atoms with Crippen molar-refractivity contribution in [1.82, 2.24) is 9.78 Å². The van der Waals surface area contributed by atoms with Gasteiger partial charge in [-0.3, -0.25) is 9.59 Å². The zero-order valence-corrected chi connectivity index (χ0v) is 26.7. The molecule has 0 saturated carbocycles. The number of alkyl halides is 3. The molecule has 0 unspecified atom stereocenters. The minimum Gasteiger partial charge on any atom is -0.489 e. The molecular weight excluding hydrogens is 692 g/mol. The van der Waals surface area contributed by atoms with Crippen molar-refractivity contribution in [3.05, 3.63) is 99.7 Å². The predicted molar refractivity (Wildman–Crippen MR) is 167 cm³/mol. The van der Waals surface area contributed by atoms with Gasteiger partial charge in [-0.05, 0) is 78.2 Å². The molecule has 0 aliphatic rings. The number of esters is 1. The van der Waals surface area contributed by atoms with Gasteiger partial charge >= 0.3 is 16.5 Å². The van der Waals surface area contributed by atoms with E-state index < -0.39 is 26.9 Å². The number of ether oxygens (including phenoxy) is 2. The maximum absolute atomic E-state index is 12.8. The van der Waals surface area contributed by atoms with Crippen molar-refractivity contribution in [3.63, 3.8) is 0 Å². The van der Waals surface area contributed by atoms with Crippen LogP contribution in [0.2, 0.25) is 10.0 Å². The number of hydrogen-bond donors (Lipinski definition) is 0. The molecule has 1 aromatic heterocycles. The van der Waals surface area contributed by atoms with Gasteiger partial charge in [-0.25, -0.2) is 9.48 Å². The second-order valence-electron chi connectivity index (χ2n) is 8.37. The van der Waals surface area contributed by atoms with Gasteiger partial charge in [0.1, 0.15) is 19.0 Å². The van der Waals surface area contributed by atoms with E-state index in [0.717, 1.165) is 11.1 Å². The van der Waals surface area contributed by atoms with E-state index in [1.807, 2.05) is 54.6 Å². The van der Waals surface area contributed by atoms with Crippen LogP contribution in [0.15, 0.2) is 72.8 Å². The first-order chi connectivity index (χ1) is 19.8. The lowest BCUT2D eigenvalue weighted by atomic mass is 10.1. The maximum Gasteiger partial charge on any atom is 0.359 e. The van der Waals surface area contributed by atoms with Crippen LogP contribution in [0.3, 0.4) is 0 Å². The van der Waals surface area contributed by atoms with Gasteiger partial charge in [0.15, 0.2) is 5.69 Å². The van der Waals surface area contributed by atoms with E-state index in [1.165, 1.54) is 0 Å². The molecule has 0 N–H and O–H groups in total. The van der Waals surface area contributed by atoms with Gasteiger partial charge < -0.3 is 9.47 Å². The Morgan fingerprint density at radius 3 is 2.05 bits per heavy atom. The van der Waals surface area contributed by atoms with E-state index >= 15 is 0 Å². The molecule has 14 heteroatoms. The second kappa shape index (κ2) is 15.3. The summed E-state index contributed by atoms with van der Waals surface area (Å²) in [7, 11) is 0. The molecule has 3 aromatic carbocycles. The predicted octanol–water partition coefficient (Wildman–Crippen LogP) is 8.78. The van der Waals surface area contributed by atoms with Crippen LogP contribution in [0.1, 0.15) is 21.6 Å². The lowest BCUT2D eigenvalue weighted by molar-refractivity contribution is -0.127. The van der Waals surface area contributed by atoms with Crippen LogP contribution in [-0.4, -0.2) is 36.6 Å². The third-order valence-electron chi connectivity index (χ3n) is 5.35. The van der Waals surface area contributed by atoms with Crippen molar-refractivity contribution < 1.29 is 23.9 Å². The number of hydrogen-bond acceptors (Lipinski definition) is 6. The minimum absolute atomic E-state index is 0.0645. The molecule has 0 saturated heterocycles. The van der Waals surface area contributed by atoms with Crippen LogP contribution < -0.4 is 4.74 Å². The number of nitrogens with zero attached hydrogens (tertiary/aromatic N) is 2. The van der Waals surface area contributed by atoms with E-state index in [9.17, 15) is 14.4 Å². The fourth-order valence-corrected chi connectivity index (χ4v) is 4.17. The lowest BCUT2D eigenvalue weighted by Gasteiger charge is -2.12. The van der Waals surface area contributed by atoms with Crippen LogP contribution in [0, 0.1) is 6.92 Å². The Morgan fingerprint density at radius 2 is 1.50 bits per heavy atom. The van der Waals surface area contributed by atoms with E-state index in [2.05, 4.69) is 28.3 Å².